The lowest BCUT2D eigenvalue weighted by Crippen LogP contribution is -2.30. The first kappa shape index (κ1) is 20.1. The molecule has 0 aliphatic carbocycles. The molecule has 0 bridgehead atoms. The number of rotatable bonds is 5. The van der Waals surface area contributed by atoms with Gasteiger partial charge in [-0.25, -0.2) is 8.42 Å². The molecule has 1 aliphatic heterocycles. The number of nitro benzene ring substituents is 1. The minimum absolute atomic E-state index is 0.0463. The molecule has 1 aromatic heterocycles. The molecular formula is C21H21N3O5S. The maximum Gasteiger partial charge on any atom is 0.270 e. The average Bonchev–Trinajstić information content (AvgIpc) is 3.21. The second-order valence-electron chi connectivity index (χ2n) is 7.30. The predicted molar refractivity (Wildman–Crippen MR) is 111 cm³/mol. The molecule has 1 fully saturated rings. The highest BCUT2D eigenvalue weighted by molar-refractivity contribution is 7.91. The van der Waals surface area contributed by atoms with Crippen molar-refractivity contribution in [1.29, 1.82) is 0 Å². The molecule has 1 aliphatic rings. The van der Waals surface area contributed by atoms with Crippen LogP contribution in [0.25, 0.3) is 11.5 Å². The predicted octanol–water partition coefficient (Wildman–Crippen LogP) is 4.38. The Labute approximate surface area is 174 Å². The maximum absolute atomic E-state index is 13.4. The van der Waals surface area contributed by atoms with Crippen LogP contribution in [0.15, 0.2) is 62.9 Å². The van der Waals surface area contributed by atoms with E-state index in [0.29, 0.717) is 18.7 Å². The Bertz CT molecular complexity index is 1180. The normalized spacial score (nSPS) is 14.6. The summed E-state index contributed by atoms with van der Waals surface area (Å²) in [4.78, 5) is 16.9. The van der Waals surface area contributed by atoms with Crippen molar-refractivity contribution in [2.75, 3.05) is 18.0 Å². The Morgan fingerprint density at radius 1 is 1.07 bits per heavy atom. The van der Waals surface area contributed by atoms with Gasteiger partial charge in [0.25, 0.3) is 5.69 Å². The van der Waals surface area contributed by atoms with E-state index in [1.54, 1.807) is 30.3 Å². The molecule has 0 N–H and O–H groups in total. The largest absolute Gasteiger partial charge is 0.419 e. The summed E-state index contributed by atoms with van der Waals surface area (Å²) in [5.74, 6) is 0.238. The van der Waals surface area contributed by atoms with Gasteiger partial charge in [0.1, 0.15) is 0 Å². The van der Waals surface area contributed by atoms with Crippen molar-refractivity contribution in [2.24, 2.45) is 0 Å². The van der Waals surface area contributed by atoms with E-state index >= 15 is 0 Å². The van der Waals surface area contributed by atoms with Crippen LogP contribution in [-0.4, -0.2) is 31.4 Å². The van der Waals surface area contributed by atoms with Crippen LogP contribution in [-0.2, 0) is 9.84 Å². The second-order valence-corrected chi connectivity index (χ2v) is 9.17. The van der Waals surface area contributed by atoms with Crippen LogP contribution < -0.4 is 4.90 Å². The number of benzene rings is 2. The zero-order valence-electron chi connectivity index (χ0n) is 16.4. The lowest BCUT2D eigenvalue weighted by Gasteiger charge is -2.26. The SMILES string of the molecule is Cc1ccc(S(=O)(=O)c2nc(-c3cccc([N+](=O)[O-])c3)oc2N2CCCCC2)cc1. The molecule has 3 aromatic rings. The minimum atomic E-state index is -3.93. The van der Waals surface area contributed by atoms with Gasteiger partial charge >= 0.3 is 0 Å². The quantitative estimate of drug-likeness (QED) is 0.439. The number of non-ortho nitro benzene ring substituents is 1. The molecule has 2 heterocycles. The number of anilines is 1. The minimum Gasteiger partial charge on any atom is -0.419 e. The number of hydrogen-bond acceptors (Lipinski definition) is 7. The van der Waals surface area contributed by atoms with E-state index in [2.05, 4.69) is 4.98 Å². The van der Waals surface area contributed by atoms with Gasteiger partial charge in [0.15, 0.2) is 0 Å². The second kappa shape index (κ2) is 7.91. The molecule has 0 unspecified atom stereocenters. The summed E-state index contributed by atoms with van der Waals surface area (Å²) in [5, 5.41) is 11.0. The molecule has 0 spiro atoms. The smallest absolute Gasteiger partial charge is 0.270 e. The summed E-state index contributed by atoms with van der Waals surface area (Å²) >= 11 is 0. The van der Waals surface area contributed by atoms with Gasteiger partial charge < -0.3 is 9.32 Å². The molecule has 8 nitrogen and oxygen atoms in total. The van der Waals surface area contributed by atoms with Crippen molar-refractivity contribution in [1.82, 2.24) is 4.98 Å². The van der Waals surface area contributed by atoms with E-state index in [1.165, 1.54) is 18.2 Å². The van der Waals surface area contributed by atoms with E-state index in [9.17, 15) is 18.5 Å². The molecule has 0 atom stereocenters. The lowest BCUT2D eigenvalue weighted by molar-refractivity contribution is -0.384. The van der Waals surface area contributed by atoms with E-state index < -0.39 is 14.8 Å². The third-order valence-electron chi connectivity index (χ3n) is 5.11. The fourth-order valence-electron chi connectivity index (χ4n) is 3.47. The third-order valence-corrected chi connectivity index (χ3v) is 6.78. The Hall–Kier alpha value is -3.20. The molecular weight excluding hydrogens is 406 g/mol. The van der Waals surface area contributed by atoms with Crippen molar-refractivity contribution in [2.45, 2.75) is 36.1 Å². The summed E-state index contributed by atoms with van der Waals surface area (Å²) in [6.45, 7) is 3.21. The molecule has 0 radical (unpaired) electrons. The monoisotopic (exact) mass is 427 g/mol. The Morgan fingerprint density at radius 3 is 2.43 bits per heavy atom. The molecule has 0 saturated carbocycles. The standard InChI is InChI=1S/C21H21N3O5S/c1-15-8-10-18(11-9-15)30(27,28)20-21(23-12-3-2-4-13-23)29-19(22-20)16-6-5-7-17(14-16)24(25)26/h5-11,14H,2-4,12-13H2,1H3. The number of nitro groups is 1. The highest BCUT2D eigenvalue weighted by Gasteiger charge is 2.32. The van der Waals surface area contributed by atoms with Crippen molar-refractivity contribution in [3.63, 3.8) is 0 Å². The molecule has 2 aromatic carbocycles. The number of hydrogen-bond donors (Lipinski definition) is 0. The van der Waals surface area contributed by atoms with Crippen molar-refractivity contribution < 1.29 is 17.8 Å². The van der Waals surface area contributed by atoms with E-state index in [-0.39, 0.29) is 27.4 Å². The van der Waals surface area contributed by atoms with E-state index in [4.69, 9.17) is 4.42 Å². The van der Waals surface area contributed by atoms with Gasteiger partial charge in [0.2, 0.25) is 26.6 Å². The number of nitrogens with zero attached hydrogens (tertiary/aromatic N) is 3. The molecule has 1 saturated heterocycles. The zero-order valence-corrected chi connectivity index (χ0v) is 17.3. The fraction of sp³-hybridized carbons (Fsp3) is 0.286. The van der Waals surface area contributed by atoms with Crippen LogP contribution in [0.1, 0.15) is 24.8 Å². The zero-order chi connectivity index (χ0) is 21.3. The van der Waals surface area contributed by atoms with Crippen LogP contribution in [0.2, 0.25) is 0 Å². The van der Waals surface area contributed by atoms with E-state index in [1.807, 2.05) is 11.8 Å². The lowest BCUT2D eigenvalue weighted by atomic mass is 10.1. The Balaban J connectivity index is 1.85. The van der Waals surface area contributed by atoms with Crippen LogP contribution in [0.4, 0.5) is 11.6 Å². The molecule has 9 heteroatoms. The first-order valence-electron chi connectivity index (χ1n) is 9.68. The highest BCUT2D eigenvalue weighted by Crippen LogP contribution is 2.36. The van der Waals surface area contributed by atoms with Crippen LogP contribution in [0.5, 0.6) is 0 Å². The number of oxazole rings is 1. The molecule has 4 rings (SSSR count). The van der Waals surface area contributed by atoms with Gasteiger partial charge in [-0.1, -0.05) is 23.8 Å². The first-order chi connectivity index (χ1) is 14.4. The maximum atomic E-state index is 13.4. The third kappa shape index (κ3) is 3.80. The van der Waals surface area contributed by atoms with Gasteiger partial charge in [-0.15, -0.1) is 0 Å². The van der Waals surface area contributed by atoms with E-state index in [0.717, 1.165) is 24.8 Å². The topological polar surface area (TPSA) is 107 Å². The van der Waals surface area contributed by atoms with Crippen LogP contribution in [0.3, 0.4) is 0 Å². The van der Waals surface area contributed by atoms with Gasteiger partial charge in [-0.3, -0.25) is 10.1 Å². The van der Waals surface area contributed by atoms with Gasteiger partial charge in [-0.2, -0.15) is 4.98 Å². The number of piperidine rings is 1. The van der Waals surface area contributed by atoms with Crippen LogP contribution >= 0.6 is 0 Å². The highest BCUT2D eigenvalue weighted by atomic mass is 32.2. The van der Waals surface area contributed by atoms with Crippen molar-refractivity contribution >= 4 is 21.4 Å². The summed E-state index contributed by atoms with van der Waals surface area (Å²) in [7, 11) is -3.93. The van der Waals surface area contributed by atoms with Crippen molar-refractivity contribution in [3.05, 3.63) is 64.2 Å². The van der Waals surface area contributed by atoms with Gasteiger partial charge in [-0.05, 0) is 44.4 Å². The molecule has 30 heavy (non-hydrogen) atoms. The Kier molecular flexibility index (Phi) is 5.29. The Morgan fingerprint density at radius 2 is 1.77 bits per heavy atom. The fourth-order valence-corrected chi connectivity index (χ4v) is 4.80. The molecule has 156 valence electrons. The average molecular weight is 427 g/mol. The number of sulfone groups is 1. The number of aryl methyl sites for hydroxylation is 1. The summed E-state index contributed by atoms with van der Waals surface area (Å²) in [5.41, 5.74) is 1.18. The number of aromatic nitrogens is 1. The first-order valence-corrected chi connectivity index (χ1v) is 11.2. The van der Waals surface area contributed by atoms with Crippen LogP contribution in [0, 0.1) is 17.0 Å². The van der Waals surface area contributed by atoms with Crippen molar-refractivity contribution in [3.8, 4) is 11.5 Å². The summed E-state index contributed by atoms with van der Waals surface area (Å²) < 4.78 is 32.7. The van der Waals surface area contributed by atoms with Gasteiger partial charge in [0, 0.05) is 30.8 Å². The summed E-state index contributed by atoms with van der Waals surface area (Å²) in [6, 6.07) is 12.4. The summed E-state index contributed by atoms with van der Waals surface area (Å²) in [6.07, 6.45) is 2.93. The molecule has 0 amide bonds. The van der Waals surface area contributed by atoms with Gasteiger partial charge in [0.05, 0.1) is 9.82 Å².